The maximum atomic E-state index is 14.2. The highest BCUT2D eigenvalue weighted by atomic mass is 19.2. The second-order valence-corrected chi connectivity index (χ2v) is 6.96. The average molecular weight is 272 g/mol. The quantitative estimate of drug-likeness (QED) is 0.730. The van der Waals surface area contributed by atoms with E-state index in [4.69, 9.17) is 0 Å². The van der Waals surface area contributed by atoms with Gasteiger partial charge in [-0.15, -0.1) is 0 Å². The van der Waals surface area contributed by atoms with Crippen LogP contribution < -0.4 is 0 Å². The van der Waals surface area contributed by atoms with Gasteiger partial charge in [0.1, 0.15) is 18.1 Å². The number of halogens is 2. The van der Waals surface area contributed by atoms with Gasteiger partial charge >= 0.3 is 0 Å². The van der Waals surface area contributed by atoms with Crippen molar-refractivity contribution in [3.63, 3.8) is 0 Å². The molecule has 2 saturated carbocycles. The third-order valence-electron chi connectivity index (χ3n) is 5.29. The summed E-state index contributed by atoms with van der Waals surface area (Å²) < 4.78 is 28.1. The Morgan fingerprint density at radius 1 is 0.895 bits per heavy atom. The van der Waals surface area contributed by atoms with Gasteiger partial charge in [-0.3, -0.25) is 4.79 Å². The molecule has 2 aliphatic rings. The maximum Gasteiger partial charge on any atom is 0.142 e. The molecule has 0 aromatic heterocycles. The zero-order valence-corrected chi connectivity index (χ0v) is 12.2. The molecule has 0 amide bonds. The predicted molar refractivity (Wildman–Crippen MR) is 72.4 cm³/mol. The van der Waals surface area contributed by atoms with E-state index in [2.05, 4.69) is 6.92 Å². The van der Waals surface area contributed by atoms with Gasteiger partial charge in [-0.25, -0.2) is 8.78 Å². The molecule has 0 radical (unpaired) electrons. The third-order valence-corrected chi connectivity index (χ3v) is 5.29. The smallest absolute Gasteiger partial charge is 0.142 e. The summed E-state index contributed by atoms with van der Waals surface area (Å²) in [6, 6.07) is 0. The number of ketones is 1. The molecule has 0 saturated heterocycles. The number of carbonyl (C=O) groups excluding carboxylic acids is 1. The molecule has 19 heavy (non-hydrogen) atoms. The summed E-state index contributed by atoms with van der Waals surface area (Å²) in [6.45, 7) is 5.85. The molecule has 0 bridgehead atoms. The lowest BCUT2D eigenvalue weighted by Crippen LogP contribution is -2.47. The lowest BCUT2D eigenvalue weighted by molar-refractivity contribution is -0.137. The number of rotatable bonds is 2. The van der Waals surface area contributed by atoms with Gasteiger partial charge in [0.25, 0.3) is 0 Å². The summed E-state index contributed by atoms with van der Waals surface area (Å²) >= 11 is 0. The van der Waals surface area contributed by atoms with Gasteiger partial charge in [-0.1, -0.05) is 33.6 Å². The van der Waals surface area contributed by atoms with Crippen LogP contribution in [0.5, 0.6) is 0 Å². The number of Topliss-reactive ketones (excluding diaryl/α,β-unsaturated/α-hetero) is 1. The van der Waals surface area contributed by atoms with E-state index in [9.17, 15) is 13.6 Å². The van der Waals surface area contributed by atoms with E-state index < -0.39 is 18.3 Å². The van der Waals surface area contributed by atoms with Crippen LogP contribution in [0.25, 0.3) is 0 Å². The van der Waals surface area contributed by atoms with Gasteiger partial charge in [0.15, 0.2) is 0 Å². The molecule has 5 unspecified atom stereocenters. The molecule has 0 spiro atoms. The monoisotopic (exact) mass is 272 g/mol. The molecule has 2 fully saturated rings. The first-order chi connectivity index (χ1) is 8.91. The van der Waals surface area contributed by atoms with Gasteiger partial charge in [0, 0.05) is 5.92 Å². The molecular formula is C16H26F2O. The molecule has 110 valence electrons. The molecule has 2 aliphatic carbocycles. The zero-order chi connectivity index (χ0) is 14.2. The van der Waals surface area contributed by atoms with Crippen LogP contribution in [-0.2, 0) is 4.79 Å². The summed E-state index contributed by atoms with van der Waals surface area (Å²) in [6.07, 6.45) is 1.39. The van der Waals surface area contributed by atoms with E-state index in [1.165, 1.54) is 0 Å². The standard InChI is InChI=1S/C16H26F2O/c1-9-4-6-12(7-5-9)16(19)13-10(2)8-11(3)14(17)15(13)18/h9-15H,4-8H2,1-3H3. The number of hydrogen-bond acceptors (Lipinski definition) is 1. The van der Waals surface area contributed by atoms with Crippen LogP contribution in [0.1, 0.15) is 52.9 Å². The predicted octanol–water partition coefficient (Wildman–Crippen LogP) is 4.35. The Hall–Kier alpha value is -0.470. The van der Waals surface area contributed by atoms with Gasteiger partial charge < -0.3 is 0 Å². The highest BCUT2D eigenvalue weighted by molar-refractivity contribution is 5.84. The Kier molecular flexibility index (Phi) is 4.62. The molecule has 5 atom stereocenters. The second kappa shape index (κ2) is 5.88. The fourth-order valence-corrected chi connectivity index (χ4v) is 3.94. The van der Waals surface area contributed by atoms with Crippen LogP contribution in [0.4, 0.5) is 8.78 Å². The SMILES string of the molecule is CC1CCC(C(=O)C2C(C)CC(C)C(F)C2F)CC1. The van der Waals surface area contributed by atoms with Crippen molar-refractivity contribution in [2.24, 2.45) is 29.6 Å². The summed E-state index contributed by atoms with van der Waals surface area (Å²) in [7, 11) is 0. The Bertz CT molecular complexity index is 323. The van der Waals surface area contributed by atoms with E-state index in [0.717, 1.165) is 25.7 Å². The second-order valence-electron chi connectivity index (χ2n) is 6.96. The number of alkyl halides is 2. The number of carbonyl (C=O) groups is 1. The Labute approximate surface area is 115 Å². The Morgan fingerprint density at radius 3 is 2.05 bits per heavy atom. The van der Waals surface area contributed by atoms with Gasteiger partial charge in [0.2, 0.25) is 0 Å². The largest absolute Gasteiger partial charge is 0.299 e. The summed E-state index contributed by atoms with van der Waals surface area (Å²) in [5, 5.41) is 0. The van der Waals surface area contributed by atoms with Gasteiger partial charge in [0.05, 0.1) is 5.92 Å². The molecule has 2 rings (SSSR count). The van der Waals surface area contributed by atoms with E-state index in [1.54, 1.807) is 6.92 Å². The minimum Gasteiger partial charge on any atom is -0.299 e. The molecule has 0 aromatic carbocycles. The Morgan fingerprint density at radius 2 is 1.47 bits per heavy atom. The van der Waals surface area contributed by atoms with Crippen LogP contribution in [0.3, 0.4) is 0 Å². The molecule has 0 N–H and O–H groups in total. The van der Waals surface area contributed by atoms with Crippen LogP contribution >= 0.6 is 0 Å². The maximum absolute atomic E-state index is 14.2. The van der Waals surface area contributed by atoms with Crippen molar-refractivity contribution in [3.05, 3.63) is 0 Å². The summed E-state index contributed by atoms with van der Waals surface area (Å²) in [5.74, 6) is -0.346. The van der Waals surface area contributed by atoms with Crippen molar-refractivity contribution in [2.45, 2.75) is 65.2 Å². The minimum absolute atomic E-state index is 0.00134. The lowest BCUT2D eigenvalue weighted by Gasteiger charge is -2.39. The fourth-order valence-electron chi connectivity index (χ4n) is 3.94. The van der Waals surface area contributed by atoms with Crippen molar-refractivity contribution in [3.8, 4) is 0 Å². The van der Waals surface area contributed by atoms with Crippen LogP contribution in [0.15, 0.2) is 0 Å². The molecule has 0 aliphatic heterocycles. The normalized spacial score (nSPS) is 47.9. The molecule has 1 nitrogen and oxygen atoms in total. The number of hydrogen-bond donors (Lipinski definition) is 0. The van der Waals surface area contributed by atoms with Crippen LogP contribution in [0.2, 0.25) is 0 Å². The van der Waals surface area contributed by atoms with E-state index in [1.807, 2.05) is 6.92 Å². The van der Waals surface area contributed by atoms with Gasteiger partial charge in [-0.2, -0.15) is 0 Å². The van der Waals surface area contributed by atoms with Crippen LogP contribution in [-0.4, -0.2) is 18.1 Å². The highest BCUT2D eigenvalue weighted by Crippen LogP contribution is 2.41. The van der Waals surface area contributed by atoms with Crippen LogP contribution in [0, 0.1) is 29.6 Å². The van der Waals surface area contributed by atoms with E-state index in [0.29, 0.717) is 12.3 Å². The zero-order valence-electron chi connectivity index (χ0n) is 12.2. The minimum atomic E-state index is -1.59. The summed E-state index contributed by atoms with van der Waals surface area (Å²) in [5.41, 5.74) is 0. The van der Waals surface area contributed by atoms with Crippen molar-refractivity contribution in [1.29, 1.82) is 0 Å². The molecule has 0 heterocycles. The first kappa shape index (κ1) is 14.9. The third kappa shape index (κ3) is 3.00. The molecular weight excluding hydrogens is 246 g/mol. The molecule has 0 aromatic rings. The topological polar surface area (TPSA) is 17.1 Å². The lowest BCUT2D eigenvalue weighted by atomic mass is 9.67. The summed E-state index contributed by atoms with van der Waals surface area (Å²) in [4.78, 5) is 12.5. The van der Waals surface area contributed by atoms with Crippen molar-refractivity contribution >= 4 is 5.78 Å². The fraction of sp³-hybridized carbons (Fsp3) is 0.938. The first-order valence-corrected chi connectivity index (χ1v) is 7.73. The molecule has 3 heteroatoms. The Balaban J connectivity index is 2.05. The van der Waals surface area contributed by atoms with Crippen molar-refractivity contribution < 1.29 is 13.6 Å². The van der Waals surface area contributed by atoms with E-state index >= 15 is 0 Å². The van der Waals surface area contributed by atoms with Crippen molar-refractivity contribution in [1.82, 2.24) is 0 Å². The van der Waals surface area contributed by atoms with E-state index in [-0.39, 0.29) is 23.5 Å². The first-order valence-electron chi connectivity index (χ1n) is 7.73. The average Bonchev–Trinajstić information content (AvgIpc) is 2.37. The van der Waals surface area contributed by atoms with Crippen molar-refractivity contribution in [2.75, 3.05) is 0 Å². The van der Waals surface area contributed by atoms with Gasteiger partial charge in [-0.05, 0) is 37.0 Å². The highest BCUT2D eigenvalue weighted by Gasteiger charge is 2.47.